The van der Waals surface area contributed by atoms with Gasteiger partial charge in [0.05, 0.1) is 21.3 Å². The summed E-state index contributed by atoms with van der Waals surface area (Å²) in [6.45, 7) is 0. The molecule has 1 aromatic carbocycles. The third-order valence-electron chi connectivity index (χ3n) is 2.59. The zero-order chi connectivity index (χ0) is 16.3. The summed E-state index contributed by atoms with van der Waals surface area (Å²) in [6.07, 6.45) is 0. The van der Waals surface area contributed by atoms with Crippen LogP contribution in [0.4, 0.5) is 0 Å². The molecule has 5 N–H and O–H groups in total. The Bertz CT molecular complexity index is 603. The number of benzene rings is 1. The third-order valence-corrected chi connectivity index (χ3v) is 2.59. The summed E-state index contributed by atoms with van der Waals surface area (Å²) in [7, 11) is 3.22. The van der Waals surface area contributed by atoms with Crippen molar-refractivity contribution in [2.75, 3.05) is 21.3 Å². The van der Waals surface area contributed by atoms with Gasteiger partial charge in [-0.25, -0.2) is 4.79 Å². The van der Waals surface area contributed by atoms with E-state index in [1.807, 2.05) is 0 Å². The maximum absolute atomic E-state index is 11.1. The number of methoxy groups -OCH3 is 3. The molecule has 0 spiro atoms. The molecule has 0 amide bonds. The van der Waals surface area contributed by atoms with Gasteiger partial charge < -0.3 is 39.7 Å². The fourth-order valence-electron chi connectivity index (χ4n) is 1.67. The molecule has 0 aromatic heterocycles. The van der Waals surface area contributed by atoms with Crippen LogP contribution in [0.25, 0.3) is 5.76 Å². The highest BCUT2D eigenvalue weighted by Crippen LogP contribution is 2.53. The number of ether oxygens (including phenoxy) is 3. The van der Waals surface area contributed by atoms with Crippen LogP contribution < -0.4 is 4.74 Å². The predicted molar refractivity (Wildman–Crippen MR) is 68.2 cm³/mol. The molecule has 0 atom stereocenters. The van der Waals surface area contributed by atoms with Gasteiger partial charge in [-0.3, -0.25) is 0 Å². The number of rotatable bonds is 5. The lowest BCUT2D eigenvalue weighted by Crippen LogP contribution is -2.08. The van der Waals surface area contributed by atoms with Crippen LogP contribution >= 0.6 is 0 Å². The predicted octanol–water partition coefficient (Wildman–Crippen LogP) is 0.564. The van der Waals surface area contributed by atoms with Gasteiger partial charge in [-0.2, -0.15) is 0 Å². The second-order valence-corrected chi connectivity index (χ2v) is 3.67. The monoisotopic (exact) mass is 302 g/mol. The maximum atomic E-state index is 11.1. The second kappa shape index (κ2) is 5.99. The third kappa shape index (κ3) is 2.53. The first-order valence-corrected chi connectivity index (χ1v) is 5.41. The van der Waals surface area contributed by atoms with E-state index in [-0.39, 0.29) is 0 Å². The first-order chi connectivity index (χ1) is 9.81. The van der Waals surface area contributed by atoms with Crippen molar-refractivity contribution in [1.29, 1.82) is 0 Å². The molecule has 21 heavy (non-hydrogen) atoms. The van der Waals surface area contributed by atoms with Crippen LogP contribution in [0.15, 0.2) is 5.76 Å². The molecule has 0 heterocycles. The Morgan fingerprint density at radius 1 is 0.857 bits per heavy atom. The molecule has 0 saturated carbocycles. The number of carbonyl (C=O) groups is 1. The Morgan fingerprint density at radius 3 is 1.76 bits per heavy atom. The highest BCUT2D eigenvalue weighted by Gasteiger charge is 2.31. The average molecular weight is 302 g/mol. The summed E-state index contributed by atoms with van der Waals surface area (Å²) in [5.41, 5.74) is -0.493. The van der Waals surface area contributed by atoms with Crippen LogP contribution in [0.1, 0.15) is 5.56 Å². The van der Waals surface area contributed by atoms with Gasteiger partial charge in [0.1, 0.15) is 5.56 Å². The highest BCUT2D eigenvalue weighted by molar-refractivity contribution is 5.95. The number of carboxylic acid groups (broad SMARTS) is 1. The van der Waals surface area contributed by atoms with Crippen molar-refractivity contribution in [3.63, 3.8) is 0 Å². The lowest BCUT2D eigenvalue weighted by molar-refractivity contribution is -0.136. The van der Waals surface area contributed by atoms with E-state index in [9.17, 15) is 25.2 Å². The number of aliphatic carboxylic acids is 1. The number of hydrogen-bond acceptors (Lipinski definition) is 8. The first kappa shape index (κ1) is 16.1. The zero-order valence-corrected chi connectivity index (χ0v) is 11.4. The van der Waals surface area contributed by atoms with Gasteiger partial charge in [0.2, 0.25) is 23.0 Å². The van der Waals surface area contributed by atoms with Crippen molar-refractivity contribution in [1.82, 2.24) is 0 Å². The smallest absolute Gasteiger partial charge is 0.375 e. The topological polar surface area (TPSA) is 146 Å². The van der Waals surface area contributed by atoms with Gasteiger partial charge in [0.15, 0.2) is 17.3 Å². The van der Waals surface area contributed by atoms with E-state index in [4.69, 9.17) is 14.6 Å². The van der Waals surface area contributed by atoms with Crippen LogP contribution in [0.5, 0.6) is 28.7 Å². The molecular formula is C12H14O9. The maximum Gasteiger partial charge on any atom is 0.375 e. The summed E-state index contributed by atoms with van der Waals surface area (Å²) in [4.78, 5) is 11.1. The summed E-state index contributed by atoms with van der Waals surface area (Å²) in [6, 6.07) is 0. The van der Waals surface area contributed by atoms with E-state index in [0.29, 0.717) is 0 Å². The largest absolute Gasteiger partial charge is 0.504 e. The fourth-order valence-corrected chi connectivity index (χ4v) is 1.67. The van der Waals surface area contributed by atoms with E-state index < -0.39 is 51.8 Å². The van der Waals surface area contributed by atoms with Gasteiger partial charge >= 0.3 is 5.97 Å². The van der Waals surface area contributed by atoms with Crippen LogP contribution in [-0.2, 0) is 14.3 Å². The van der Waals surface area contributed by atoms with E-state index in [0.717, 1.165) is 21.3 Å². The molecule has 0 unspecified atom stereocenters. The summed E-state index contributed by atoms with van der Waals surface area (Å²) < 4.78 is 14.3. The van der Waals surface area contributed by atoms with E-state index in [2.05, 4.69) is 4.74 Å². The molecule has 0 bridgehead atoms. The van der Waals surface area contributed by atoms with Crippen molar-refractivity contribution in [3.8, 4) is 28.7 Å². The van der Waals surface area contributed by atoms with Gasteiger partial charge in [-0.15, -0.1) is 0 Å². The number of carboxylic acids is 1. The summed E-state index contributed by atoms with van der Waals surface area (Å²) in [5.74, 6) is -7.22. The molecule has 1 rings (SSSR count). The molecule has 116 valence electrons. The average Bonchev–Trinajstić information content (AvgIpc) is 2.46. The van der Waals surface area contributed by atoms with E-state index >= 15 is 0 Å². The van der Waals surface area contributed by atoms with E-state index in [1.165, 1.54) is 0 Å². The second-order valence-electron chi connectivity index (χ2n) is 3.67. The van der Waals surface area contributed by atoms with Crippen molar-refractivity contribution >= 4 is 11.7 Å². The normalized spacial score (nSPS) is 11.6. The van der Waals surface area contributed by atoms with Crippen LogP contribution in [0.3, 0.4) is 0 Å². The molecule has 0 aliphatic heterocycles. The Balaban J connectivity index is 3.88. The molecule has 9 nitrogen and oxygen atoms in total. The molecule has 0 aliphatic rings. The Hall–Kier alpha value is -2.97. The van der Waals surface area contributed by atoms with Crippen LogP contribution in [-0.4, -0.2) is 52.8 Å². The molecular weight excluding hydrogens is 288 g/mol. The first-order valence-electron chi connectivity index (χ1n) is 5.41. The zero-order valence-electron chi connectivity index (χ0n) is 11.4. The standard InChI is InChI=1S/C12H14O9/c1-19-9-4(5(13)6(14)7(15)8(9)16)10(20-2)11(21-3)12(17)18/h13-16H,1-3H3,(H,17,18). The highest BCUT2D eigenvalue weighted by atomic mass is 16.5. The number of phenolic OH excluding ortho intramolecular Hbond substituents is 4. The van der Waals surface area contributed by atoms with Gasteiger partial charge in [0.25, 0.3) is 0 Å². The van der Waals surface area contributed by atoms with Crippen molar-refractivity contribution in [2.24, 2.45) is 0 Å². The quantitative estimate of drug-likeness (QED) is 0.228. The molecule has 0 radical (unpaired) electrons. The lowest BCUT2D eigenvalue weighted by atomic mass is 10.1. The van der Waals surface area contributed by atoms with Crippen molar-refractivity contribution in [3.05, 3.63) is 11.3 Å². The lowest BCUT2D eigenvalue weighted by Gasteiger charge is -2.17. The summed E-state index contributed by atoms with van der Waals surface area (Å²) in [5, 5.41) is 47.6. The van der Waals surface area contributed by atoms with Crippen LogP contribution in [0, 0.1) is 0 Å². The Kier molecular flexibility index (Phi) is 4.59. The van der Waals surface area contributed by atoms with E-state index in [1.54, 1.807) is 0 Å². The van der Waals surface area contributed by atoms with Crippen molar-refractivity contribution < 1.29 is 44.5 Å². The number of hydrogen-bond donors (Lipinski definition) is 5. The SMILES string of the molecule is COC(C(=O)O)=C(OC)c1c(O)c(O)c(O)c(O)c1OC. The molecule has 9 heteroatoms. The summed E-state index contributed by atoms with van der Waals surface area (Å²) >= 11 is 0. The van der Waals surface area contributed by atoms with Gasteiger partial charge in [-0.1, -0.05) is 0 Å². The fraction of sp³-hybridized carbons (Fsp3) is 0.250. The minimum atomic E-state index is -1.53. The molecule has 0 fully saturated rings. The van der Waals surface area contributed by atoms with Gasteiger partial charge in [-0.05, 0) is 0 Å². The Labute approximate surface area is 118 Å². The minimum Gasteiger partial charge on any atom is -0.504 e. The van der Waals surface area contributed by atoms with Crippen molar-refractivity contribution in [2.45, 2.75) is 0 Å². The molecule has 1 aromatic rings. The Morgan fingerprint density at radius 2 is 1.38 bits per heavy atom. The molecule has 0 saturated heterocycles. The number of phenols is 4. The molecule has 0 aliphatic carbocycles. The minimum absolute atomic E-state index is 0.493. The number of aromatic hydroxyl groups is 4. The van der Waals surface area contributed by atoms with Crippen LogP contribution in [0.2, 0.25) is 0 Å². The van der Waals surface area contributed by atoms with Gasteiger partial charge in [0, 0.05) is 0 Å².